The first-order chi connectivity index (χ1) is 14.4. The smallest absolute Gasteiger partial charge is 0.306 e. The molecule has 2 atom stereocenters. The maximum absolute atomic E-state index is 12.5. The van der Waals surface area contributed by atoms with E-state index in [0.717, 1.165) is 16.7 Å². The van der Waals surface area contributed by atoms with Crippen LogP contribution in [0.1, 0.15) is 24.6 Å². The van der Waals surface area contributed by atoms with Crippen LogP contribution in [0.4, 0.5) is 0 Å². The Balaban J connectivity index is 1.68. The molecule has 156 valence electrons. The van der Waals surface area contributed by atoms with Crippen LogP contribution in [0.3, 0.4) is 0 Å². The van der Waals surface area contributed by atoms with Crippen LogP contribution in [0.5, 0.6) is 0 Å². The van der Waals surface area contributed by atoms with Crippen LogP contribution >= 0.6 is 0 Å². The van der Waals surface area contributed by atoms with Gasteiger partial charge in [0.25, 0.3) is 0 Å². The number of carbonyl (C=O) groups is 2. The lowest BCUT2D eigenvalue weighted by Gasteiger charge is -2.21. The third kappa shape index (κ3) is 6.04. The molecule has 2 aromatic carbocycles. The number of hydrogen-bond acceptors (Lipinski definition) is 3. The van der Waals surface area contributed by atoms with Crippen LogP contribution in [0, 0.1) is 5.92 Å². The Labute approximate surface area is 176 Å². The van der Waals surface area contributed by atoms with Crippen LogP contribution in [-0.2, 0) is 29.5 Å². The number of amides is 1. The largest absolute Gasteiger partial charge is 0.481 e. The molecule has 0 fully saturated rings. The minimum Gasteiger partial charge on any atom is -0.481 e. The van der Waals surface area contributed by atoms with Gasteiger partial charge in [-0.2, -0.15) is 0 Å². The number of aromatic nitrogens is 2. The predicted octanol–water partition coefficient (Wildman–Crippen LogP) is 3.47. The lowest BCUT2D eigenvalue weighted by Crippen LogP contribution is -2.39. The molecule has 3 aromatic rings. The summed E-state index contributed by atoms with van der Waals surface area (Å²) in [5, 5.41) is 12.3. The Hall–Kier alpha value is -3.41. The Morgan fingerprint density at radius 2 is 1.73 bits per heavy atom. The van der Waals surface area contributed by atoms with E-state index in [1.165, 1.54) is 0 Å². The minimum absolute atomic E-state index is 0.155. The lowest BCUT2D eigenvalue weighted by atomic mass is 9.95. The van der Waals surface area contributed by atoms with E-state index in [2.05, 4.69) is 34.6 Å². The highest BCUT2D eigenvalue weighted by atomic mass is 16.4. The second-order valence-corrected chi connectivity index (χ2v) is 7.71. The van der Waals surface area contributed by atoms with E-state index in [1.54, 1.807) is 24.0 Å². The van der Waals surface area contributed by atoms with Crippen molar-refractivity contribution in [1.29, 1.82) is 0 Å². The average molecular weight is 405 g/mol. The molecule has 6 heteroatoms. The number of benzene rings is 2. The number of carboxylic acid groups (broad SMARTS) is 1. The quantitative estimate of drug-likeness (QED) is 0.571. The molecule has 0 saturated carbocycles. The molecule has 6 nitrogen and oxygen atoms in total. The maximum atomic E-state index is 12.5. The van der Waals surface area contributed by atoms with Crippen molar-refractivity contribution < 1.29 is 14.7 Å². The van der Waals surface area contributed by atoms with Gasteiger partial charge in [-0.1, -0.05) is 61.5 Å². The van der Waals surface area contributed by atoms with Gasteiger partial charge in [0.2, 0.25) is 5.91 Å². The normalized spacial score (nSPS) is 12.9. The van der Waals surface area contributed by atoms with Crippen LogP contribution < -0.4 is 5.32 Å². The Morgan fingerprint density at radius 3 is 2.33 bits per heavy atom. The van der Waals surface area contributed by atoms with E-state index >= 15 is 0 Å². The summed E-state index contributed by atoms with van der Waals surface area (Å²) in [6.45, 7) is 1.67. The van der Waals surface area contributed by atoms with Gasteiger partial charge in [-0.25, -0.2) is 4.98 Å². The van der Waals surface area contributed by atoms with Crippen molar-refractivity contribution in [2.75, 3.05) is 0 Å². The second-order valence-electron chi connectivity index (χ2n) is 7.71. The number of nitrogens with one attached hydrogen (secondary N) is 1. The van der Waals surface area contributed by atoms with Gasteiger partial charge < -0.3 is 15.0 Å². The second kappa shape index (κ2) is 9.87. The fraction of sp³-hybridized carbons (Fsp3) is 0.292. The number of carbonyl (C=O) groups excluding carboxylic acids is 1. The lowest BCUT2D eigenvalue weighted by molar-refractivity contribution is -0.141. The summed E-state index contributed by atoms with van der Waals surface area (Å²) in [4.78, 5) is 28.0. The zero-order chi connectivity index (χ0) is 21.5. The molecule has 0 radical (unpaired) electrons. The predicted molar refractivity (Wildman–Crippen MR) is 116 cm³/mol. The SMILES string of the molecule is C[C@H](CC(Cc1ccc(-c2ccccc2)cc1)NC(=O)Cc1cn(C)cn1)C(=O)O. The van der Waals surface area contributed by atoms with Crippen molar-refractivity contribution >= 4 is 11.9 Å². The summed E-state index contributed by atoms with van der Waals surface area (Å²) < 4.78 is 1.79. The number of hydrogen-bond donors (Lipinski definition) is 2. The summed E-state index contributed by atoms with van der Waals surface area (Å²) >= 11 is 0. The van der Waals surface area contributed by atoms with Gasteiger partial charge in [0, 0.05) is 19.3 Å². The molecule has 30 heavy (non-hydrogen) atoms. The summed E-state index contributed by atoms with van der Waals surface area (Å²) in [5.74, 6) is -1.57. The zero-order valence-corrected chi connectivity index (χ0v) is 17.3. The highest BCUT2D eigenvalue weighted by molar-refractivity contribution is 5.78. The number of aryl methyl sites for hydroxylation is 1. The van der Waals surface area contributed by atoms with Gasteiger partial charge in [0.15, 0.2) is 0 Å². The summed E-state index contributed by atoms with van der Waals surface area (Å²) in [6, 6.07) is 18.0. The third-order valence-electron chi connectivity index (χ3n) is 5.07. The van der Waals surface area contributed by atoms with Gasteiger partial charge >= 0.3 is 5.97 Å². The van der Waals surface area contributed by atoms with Crippen LogP contribution in [0.2, 0.25) is 0 Å². The first kappa shape index (κ1) is 21.3. The fourth-order valence-electron chi connectivity index (χ4n) is 3.47. The molecular weight excluding hydrogens is 378 g/mol. The molecular formula is C24H27N3O3. The van der Waals surface area contributed by atoms with E-state index in [1.807, 2.05) is 37.4 Å². The van der Waals surface area contributed by atoms with Gasteiger partial charge in [-0.3, -0.25) is 9.59 Å². The summed E-state index contributed by atoms with van der Waals surface area (Å²) in [6.07, 6.45) is 4.56. The van der Waals surface area contributed by atoms with E-state index in [-0.39, 0.29) is 18.4 Å². The molecule has 0 aliphatic carbocycles. The molecule has 0 saturated heterocycles. The maximum Gasteiger partial charge on any atom is 0.306 e. The number of nitrogens with zero attached hydrogens (tertiary/aromatic N) is 2. The van der Waals surface area contributed by atoms with Crippen molar-refractivity contribution in [2.24, 2.45) is 13.0 Å². The number of rotatable bonds is 9. The minimum atomic E-state index is -0.863. The number of carboxylic acids is 1. The van der Waals surface area contributed by atoms with Crippen LogP contribution in [-0.4, -0.2) is 32.6 Å². The van der Waals surface area contributed by atoms with E-state index < -0.39 is 11.9 Å². The molecule has 3 rings (SSSR count). The van der Waals surface area contributed by atoms with Gasteiger partial charge in [-0.15, -0.1) is 0 Å². The molecule has 0 aliphatic heterocycles. The van der Waals surface area contributed by atoms with E-state index in [9.17, 15) is 14.7 Å². The highest BCUT2D eigenvalue weighted by Gasteiger charge is 2.21. The van der Waals surface area contributed by atoms with Crippen molar-refractivity contribution in [3.8, 4) is 11.1 Å². The standard InChI is InChI=1S/C24H27N3O3/c1-17(24(29)30)12-21(26-23(28)14-22-15-27(2)16-25-22)13-18-8-10-20(11-9-18)19-6-4-3-5-7-19/h3-11,15-17,21H,12-14H2,1-2H3,(H,26,28)(H,29,30)/t17-,21?/m1/s1. The van der Waals surface area contributed by atoms with Gasteiger partial charge in [0.05, 0.1) is 24.4 Å². The van der Waals surface area contributed by atoms with Gasteiger partial charge in [0.1, 0.15) is 0 Å². The van der Waals surface area contributed by atoms with Crippen LogP contribution in [0.25, 0.3) is 11.1 Å². The topological polar surface area (TPSA) is 84.2 Å². The van der Waals surface area contributed by atoms with Crippen molar-refractivity contribution in [2.45, 2.75) is 32.2 Å². The molecule has 1 aromatic heterocycles. The highest BCUT2D eigenvalue weighted by Crippen LogP contribution is 2.20. The molecule has 0 bridgehead atoms. The van der Waals surface area contributed by atoms with Crippen molar-refractivity contribution in [3.05, 3.63) is 78.4 Å². The first-order valence-electron chi connectivity index (χ1n) is 10.0. The average Bonchev–Trinajstić information content (AvgIpc) is 3.13. The Morgan fingerprint density at radius 1 is 1.07 bits per heavy atom. The fourth-order valence-corrected chi connectivity index (χ4v) is 3.47. The molecule has 0 aliphatic rings. The third-order valence-corrected chi connectivity index (χ3v) is 5.07. The van der Waals surface area contributed by atoms with E-state index in [0.29, 0.717) is 18.5 Å². The summed E-state index contributed by atoms with van der Waals surface area (Å²) in [5.41, 5.74) is 4.00. The van der Waals surface area contributed by atoms with E-state index in [4.69, 9.17) is 0 Å². The number of imidazole rings is 1. The molecule has 1 unspecified atom stereocenters. The molecule has 1 amide bonds. The Kier molecular flexibility index (Phi) is 7.01. The monoisotopic (exact) mass is 405 g/mol. The number of aliphatic carboxylic acids is 1. The molecule has 0 spiro atoms. The summed E-state index contributed by atoms with van der Waals surface area (Å²) in [7, 11) is 1.85. The first-order valence-corrected chi connectivity index (χ1v) is 10.0. The Bertz CT molecular complexity index is 980. The molecule has 2 N–H and O–H groups in total. The van der Waals surface area contributed by atoms with Gasteiger partial charge in [-0.05, 0) is 29.5 Å². The van der Waals surface area contributed by atoms with Crippen molar-refractivity contribution in [1.82, 2.24) is 14.9 Å². The van der Waals surface area contributed by atoms with Crippen LogP contribution in [0.15, 0.2) is 67.1 Å². The molecule has 1 heterocycles. The van der Waals surface area contributed by atoms with Crippen molar-refractivity contribution in [3.63, 3.8) is 0 Å². The zero-order valence-electron chi connectivity index (χ0n) is 17.3.